The fourth-order valence-electron chi connectivity index (χ4n) is 2.21. The maximum atomic E-state index is 12.7. The van der Waals surface area contributed by atoms with Gasteiger partial charge in [-0.1, -0.05) is 11.8 Å². The van der Waals surface area contributed by atoms with Gasteiger partial charge in [0.25, 0.3) is 5.91 Å². The largest absolute Gasteiger partial charge is 0.493 e. The molecule has 146 valence electrons. The van der Waals surface area contributed by atoms with Crippen molar-refractivity contribution < 1.29 is 29.0 Å². The summed E-state index contributed by atoms with van der Waals surface area (Å²) in [6.07, 6.45) is 3.19. The number of hydrogen-bond donors (Lipinski definition) is 2. The predicted molar refractivity (Wildman–Crippen MR) is 97.2 cm³/mol. The van der Waals surface area contributed by atoms with Gasteiger partial charge in [-0.15, -0.1) is 0 Å². The molecule has 2 N–H and O–H groups in total. The molecular formula is C17H21N3O6S. The second-order valence-corrected chi connectivity index (χ2v) is 6.20. The summed E-state index contributed by atoms with van der Waals surface area (Å²) in [6.45, 7) is 1.77. The minimum absolute atomic E-state index is 0.0574. The van der Waals surface area contributed by atoms with Gasteiger partial charge in [0.2, 0.25) is 0 Å². The Labute approximate surface area is 160 Å². The van der Waals surface area contributed by atoms with Gasteiger partial charge in [0.15, 0.2) is 22.7 Å². The van der Waals surface area contributed by atoms with Crippen molar-refractivity contribution in [1.29, 1.82) is 0 Å². The van der Waals surface area contributed by atoms with Gasteiger partial charge in [-0.05, 0) is 25.1 Å². The van der Waals surface area contributed by atoms with Crippen LogP contribution < -0.4 is 9.47 Å². The third-order valence-electron chi connectivity index (χ3n) is 3.54. The molecule has 1 amide bonds. The number of imidazole rings is 1. The zero-order chi connectivity index (χ0) is 19.8. The molecule has 1 atom stereocenters. The van der Waals surface area contributed by atoms with E-state index in [-0.39, 0.29) is 17.9 Å². The van der Waals surface area contributed by atoms with E-state index in [1.54, 1.807) is 19.3 Å². The van der Waals surface area contributed by atoms with Crippen LogP contribution in [0.2, 0.25) is 0 Å². The lowest BCUT2D eigenvalue weighted by atomic mass is 10.1. The highest BCUT2D eigenvalue weighted by atomic mass is 32.2. The second kappa shape index (κ2) is 9.83. The number of hydroxylamine groups is 2. The van der Waals surface area contributed by atoms with Crippen LogP contribution in [0.1, 0.15) is 17.3 Å². The molecule has 1 unspecified atom stereocenters. The van der Waals surface area contributed by atoms with E-state index in [0.717, 1.165) is 0 Å². The van der Waals surface area contributed by atoms with Crippen LogP contribution in [0.5, 0.6) is 11.5 Å². The van der Waals surface area contributed by atoms with Gasteiger partial charge in [0, 0.05) is 23.7 Å². The fraction of sp³-hybridized carbons (Fsp3) is 0.353. The van der Waals surface area contributed by atoms with Gasteiger partial charge in [-0.3, -0.25) is 10.0 Å². The van der Waals surface area contributed by atoms with Gasteiger partial charge in [0.1, 0.15) is 0 Å². The van der Waals surface area contributed by atoms with Crippen molar-refractivity contribution in [2.24, 2.45) is 0 Å². The smallest absolute Gasteiger partial charge is 0.332 e. The molecule has 0 aliphatic carbocycles. The highest BCUT2D eigenvalue weighted by molar-refractivity contribution is 7.99. The van der Waals surface area contributed by atoms with E-state index < -0.39 is 17.9 Å². The Morgan fingerprint density at radius 3 is 2.63 bits per heavy atom. The molecular weight excluding hydrogens is 374 g/mol. The number of benzene rings is 1. The Hall–Kier alpha value is -2.72. The molecule has 0 aliphatic rings. The Bertz CT molecular complexity index is 768. The molecule has 1 heterocycles. The molecule has 0 radical (unpaired) electrons. The molecule has 10 heteroatoms. The Morgan fingerprint density at radius 2 is 2.04 bits per heavy atom. The summed E-state index contributed by atoms with van der Waals surface area (Å²) in [6, 6.07) is 3.22. The van der Waals surface area contributed by atoms with Crippen molar-refractivity contribution in [3.05, 3.63) is 36.2 Å². The van der Waals surface area contributed by atoms with Gasteiger partial charge in [0.05, 0.1) is 20.8 Å². The Balaban J connectivity index is 2.20. The maximum Gasteiger partial charge on any atom is 0.332 e. The van der Waals surface area contributed by atoms with Gasteiger partial charge in [-0.25, -0.2) is 14.8 Å². The SMILES string of the molecule is CCOC(=O)C(CSc1ncc[nH]1)N(O)C(=O)c1ccc(OC)c(OC)c1. The van der Waals surface area contributed by atoms with Crippen LogP contribution in [-0.2, 0) is 9.53 Å². The predicted octanol–water partition coefficient (Wildman–Crippen LogP) is 1.98. The van der Waals surface area contributed by atoms with Crippen LogP contribution in [0.25, 0.3) is 0 Å². The first kappa shape index (κ1) is 20.6. The number of hydrogen-bond acceptors (Lipinski definition) is 8. The number of aromatic amines is 1. The topological polar surface area (TPSA) is 114 Å². The third-order valence-corrected chi connectivity index (χ3v) is 4.52. The van der Waals surface area contributed by atoms with Crippen LogP contribution in [-0.4, -0.2) is 64.7 Å². The number of rotatable bonds is 9. The number of methoxy groups -OCH3 is 2. The van der Waals surface area contributed by atoms with E-state index in [4.69, 9.17) is 14.2 Å². The Kier molecular flexibility index (Phi) is 7.50. The number of H-pyrrole nitrogens is 1. The molecule has 1 aromatic carbocycles. The van der Waals surface area contributed by atoms with Crippen LogP contribution in [0.3, 0.4) is 0 Å². The quantitative estimate of drug-likeness (QED) is 0.287. The van der Waals surface area contributed by atoms with E-state index in [2.05, 4.69) is 9.97 Å². The summed E-state index contributed by atoms with van der Waals surface area (Å²) in [5.41, 5.74) is 0.132. The second-order valence-electron chi connectivity index (χ2n) is 5.19. The lowest BCUT2D eigenvalue weighted by molar-refractivity contribution is -0.161. The zero-order valence-corrected chi connectivity index (χ0v) is 16.0. The zero-order valence-electron chi connectivity index (χ0n) is 15.2. The first-order valence-electron chi connectivity index (χ1n) is 8.05. The van der Waals surface area contributed by atoms with E-state index in [1.165, 1.54) is 44.2 Å². The molecule has 2 aromatic rings. The molecule has 27 heavy (non-hydrogen) atoms. The highest BCUT2D eigenvalue weighted by Gasteiger charge is 2.32. The first-order valence-corrected chi connectivity index (χ1v) is 9.03. The van der Waals surface area contributed by atoms with Crippen molar-refractivity contribution in [2.75, 3.05) is 26.6 Å². The van der Waals surface area contributed by atoms with Crippen molar-refractivity contribution in [3.8, 4) is 11.5 Å². The Morgan fingerprint density at radius 1 is 1.30 bits per heavy atom. The van der Waals surface area contributed by atoms with E-state index in [0.29, 0.717) is 21.7 Å². The number of thioether (sulfide) groups is 1. The summed E-state index contributed by atoms with van der Waals surface area (Å²) in [4.78, 5) is 31.8. The summed E-state index contributed by atoms with van der Waals surface area (Å²) in [5.74, 6) is -0.660. The lowest BCUT2D eigenvalue weighted by Gasteiger charge is -2.24. The standard InChI is InChI=1S/C17H21N3O6S/c1-4-26-16(22)12(10-27-17-18-7-8-19-17)20(23)15(21)11-5-6-13(24-2)14(9-11)25-3/h5-9,12,23H,4,10H2,1-3H3,(H,18,19). The number of esters is 1. The summed E-state index contributed by atoms with van der Waals surface area (Å²) < 4.78 is 15.3. The minimum Gasteiger partial charge on any atom is -0.493 e. The molecule has 0 aliphatic heterocycles. The van der Waals surface area contributed by atoms with Crippen molar-refractivity contribution in [3.63, 3.8) is 0 Å². The van der Waals surface area contributed by atoms with Crippen molar-refractivity contribution in [2.45, 2.75) is 18.1 Å². The highest BCUT2D eigenvalue weighted by Crippen LogP contribution is 2.28. The minimum atomic E-state index is -1.21. The summed E-state index contributed by atoms with van der Waals surface area (Å²) in [5, 5.41) is 11.3. The van der Waals surface area contributed by atoms with E-state index in [9.17, 15) is 14.8 Å². The van der Waals surface area contributed by atoms with Gasteiger partial charge in [-0.2, -0.15) is 0 Å². The number of nitrogens with zero attached hydrogens (tertiary/aromatic N) is 2. The van der Waals surface area contributed by atoms with Crippen LogP contribution in [0, 0.1) is 0 Å². The molecule has 1 aromatic heterocycles. The van der Waals surface area contributed by atoms with Crippen LogP contribution >= 0.6 is 11.8 Å². The molecule has 0 spiro atoms. The third kappa shape index (κ3) is 5.14. The molecule has 0 bridgehead atoms. The van der Waals surface area contributed by atoms with Gasteiger partial charge >= 0.3 is 5.97 Å². The molecule has 0 fully saturated rings. The lowest BCUT2D eigenvalue weighted by Crippen LogP contribution is -2.45. The number of carbonyl (C=O) groups is 2. The van der Waals surface area contributed by atoms with E-state index in [1.807, 2.05) is 0 Å². The van der Waals surface area contributed by atoms with Gasteiger partial charge < -0.3 is 19.2 Å². The molecule has 2 rings (SSSR count). The molecule has 9 nitrogen and oxygen atoms in total. The number of carbonyl (C=O) groups excluding carboxylic acids is 2. The molecule has 0 saturated heterocycles. The first-order chi connectivity index (χ1) is 13.0. The van der Waals surface area contributed by atoms with Crippen LogP contribution in [0.4, 0.5) is 0 Å². The number of ether oxygens (including phenoxy) is 3. The molecule has 0 saturated carbocycles. The number of nitrogens with one attached hydrogen (secondary N) is 1. The normalized spacial score (nSPS) is 11.6. The fourth-order valence-corrected chi connectivity index (χ4v) is 3.09. The average molecular weight is 395 g/mol. The summed E-state index contributed by atoms with van der Waals surface area (Å²) in [7, 11) is 2.91. The van der Waals surface area contributed by atoms with E-state index >= 15 is 0 Å². The monoisotopic (exact) mass is 395 g/mol. The van der Waals surface area contributed by atoms with Crippen molar-refractivity contribution in [1.82, 2.24) is 15.0 Å². The van der Waals surface area contributed by atoms with Crippen LogP contribution in [0.15, 0.2) is 35.7 Å². The number of aromatic nitrogens is 2. The van der Waals surface area contributed by atoms with Crippen molar-refractivity contribution >= 4 is 23.6 Å². The number of amides is 1. The maximum absolute atomic E-state index is 12.7. The summed E-state index contributed by atoms with van der Waals surface area (Å²) >= 11 is 1.18. The average Bonchev–Trinajstić information content (AvgIpc) is 3.20.